The maximum Gasteiger partial charge on any atom is 0.416 e. The molecule has 0 spiro atoms. The van der Waals surface area contributed by atoms with Crippen molar-refractivity contribution >= 4 is 23.8 Å². The number of hydrogen-bond acceptors (Lipinski definition) is 5. The number of methoxy groups -OCH3 is 1. The standard InChI is InChI=1S/C21H31NO4S/c1-3-4-5-6-7-8-19(15-20(23)22-13-14-26-21(22)24)27-16-17-9-11-18(25-2)12-10-17/h9-12,19H,3-8,13-16H2,1-2H3/t19-/m1/s1. The van der Waals surface area contributed by atoms with E-state index in [4.69, 9.17) is 9.47 Å². The van der Waals surface area contributed by atoms with Crippen LogP contribution < -0.4 is 4.74 Å². The van der Waals surface area contributed by atoms with Gasteiger partial charge >= 0.3 is 6.09 Å². The predicted octanol–water partition coefficient (Wildman–Crippen LogP) is 5.03. The van der Waals surface area contributed by atoms with Crippen LogP contribution >= 0.6 is 11.8 Å². The number of nitrogens with zero attached hydrogens (tertiary/aromatic N) is 1. The summed E-state index contributed by atoms with van der Waals surface area (Å²) >= 11 is 1.80. The Bertz CT molecular complexity index is 590. The fourth-order valence-corrected chi connectivity index (χ4v) is 4.30. The van der Waals surface area contributed by atoms with Crippen LogP contribution in [0.5, 0.6) is 5.75 Å². The molecule has 1 saturated heterocycles. The van der Waals surface area contributed by atoms with Gasteiger partial charge in [-0.2, -0.15) is 11.8 Å². The zero-order valence-corrected chi connectivity index (χ0v) is 17.3. The van der Waals surface area contributed by atoms with Crippen molar-refractivity contribution in [3.8, 4) is 5.75 Å². The zero-order chi connectivity index (χ0) is 19.5. The number of amides is 2. The van der Waals surface area contributed by atoms with Crippen LogP contribution in [0.3, 0.4) is 0 Å². The highest BCUT2D eigenvalue weighted by atomic mass is 32.2. The Hall–Kier alpha value is -1.69. The van der Waals surface area contributed by atoms with Gasteiger partial charge in [0.1, 0.15) is 12.4 Å². The lowest BCUT2D eigenvalue weighted by atomic mass is 10.1. The molecule has 1 aromatic carbocycles. The number of rotatable bonds is 12. The first kappa shape index (κ1) is 21.6. The summed E-state index contributed by atoms with van der Waals surface area (Å²) < 4.78 is 10.1. The molecule has 1 aromatic rings. The van der Waals surface area contributed by atoms with E-state index in [1.54, 1.807) is 18.9 Å². The number of imide groups is 1. The normalized spacial score (nSPS) is 14.9. The lowest BCUT2D eigenvalue weighted by Crippen LogP contribution is -2.33. The number of ether oxygens (including phenoxy) is 2. The first-order valence-electron chi connectivity index (χ1n) is 9.85. The smallest absolute Gasteiger partial charge is 0.416 e. The lowest BCUT2D eigenvalue weighted by Gasteiger charge is -2.19. The van der Waals surface area contributed by atoms with Gasteiger partial charge in [-0.1, -0.05) is 51.2 Å². The Morgan fingerprint density at radius 2 is 1.96 bits per heavy atom. The van der Waals surface area contributed by atoms with Gasteiger partial charge in [-0.25, -0.2) is 9.69 Å². The molecule has 2 amide bonds. The van der Waals surface area contributed by atoms with Crippen LogP contribution in [-0.4, -0.2) is 42.4 Å². The second-order valence-corrected chi connectivity index (χ2v) is 8.14. The number of cyclic esters (lactones) is 1. The van der Waals surface area contributed by atoms with Gasteiger partial charge in [-0.3, -0.25) is 4.79 Å². The molecule has 6 heteroatoms. The summed E-state index contributed by atoms with van der Waals surface area (Å²) in [6.07, 6.45) is 6.96. The second-order valence-electron chi connectivity index (χ2n) is 6.85. The summed E-state index contributed by atoms with van der Waals surface area (Å²) in [6.45, 7) is 2.90. The van der Waals surface area contributed by atoms with Crippen LogP contribution in [0.25, 0.3) is 0 Å². The van der Waals surface area contributed by atoms with Crippen LogP contribution in [0.4, 0.5) is 4.79 Å². The van der Waals surface area contributed by atoms with Gasteiger partial charge in [0.15, 0.2) is 0 Å². The third kappa shape index (κ3) is 7.45. The fourth-order valence-electron chi connectivity index (χ4n) is 3.08. The molecule has 1 atom stereocenters. The molecule has 1 aliphatic rings. The molecular weight excluding hydrogens is 362 g/mol. The predicted molar refractivity (Wildman–Crippen MR) is 109 cm³/mol. The van der Waals surface area contributed by atoms with E-state index in [2.05, 4.69) is 19.1 Å². The molecule has 0 N–H and O–H groups in total. The average molecular weight is 394 g/mol. The van der Waals surface area contributed by atoms with Crippen molar-refractivity contribution in [1.82, 2.24) is 4.90 Å². The number of unbranched alkanes of at least 4 members (excludes halogenated alkanes) is 4. The van der Waals surface area contributed by atoms with Crippen molar-refractivity contribution in [3.63, 3.8) is 0 Å². The first-order valence-corrected chi connectivity index (χ1v) is 10.9. The van der Waals surface area contributed by atoms with Crippen LogP contribution in [0.1, 0.15) is 57.4 Å². The highest BCUT2D eigenvalue weighted by Crippen LogP contribution is 2.27. The third-order valence-electron chi connectivity index (χ3n) is 4.74. The van der Waals surface area contributed by atoms with Gasteiger partial charge in [-0.05, 0) is 24.1 Å². The molecule has 0 aromatic heterocycles. The summed E-state index contributed by atoms with van der Waals surface area (Å²) in [5.41, 5.74) is 1.21. The summed E-state index contributed by atoms with van der Waals surface area (Å²) in [5.74, 6) is 1.58. The molecule has 0 bridgehead atoms. The van der Waals surface area contributed by atoms with Crippen LogP contribution in [-0.2, 0) is 15.3 Å². The fraction of sp³-hybridized carbons (Fsp3) is 0.619. The Balaban J connectivity index is 1.86. The maximum absolute atomic E-state index is 12.5. The van der Waals surface area contributed by atoms with E-state index in [9.17, 15) is 9.59 Å². The molecule has 1 fully saturated rings. The lowest BCUT2D eigenvalue weighted by molar-refractivity contribution is -0.127. The van der Waals surface area contributed by atoms with E-state index in [0.717, 1.165) is 24.3 Å². The van der Waals surface area contributed by atoms with Crippen molar-refractivity contribution < 1.29 is 19.1 Å². The van der Waals surface area contributed by atoms with Crippen molar-refractivity contribution in [3.05, 3.63) is 29.8 Å². The van der Waals surface area contributed by atoms with E-state index >= 15 is 0 Å². The molecule has 27 heavy (non-hydrogen) atoms. The number of benzene rings is 1. The van der Waals surface area contributed by atoms with Gasteiger partial charge in [0, 0.05) is 17.4 Å². The highest BCUT2D eigenvalue weighted by molar-refractivity contribution is 7.99. The Morgan fingerprint density at radius 3 is 2.59 bits per heavy atom. The molecule has 0 radical (unpaired) electrons. The van der Waals surface area contributed by atoms with Crippen LogP contribution in [0, 0.1) is 0 Å². The largest absolute Gasteiger partial charge is 0.497 e. The zero-order valence-electron chi connectivity index (χ0n) is 16.4. The van der Waals surface area contributed by atoms with Crippen LogP contribution in [0.2, 0.25) is 0 Å². The summed E-state index contributed by atoms with van der Waals surface area (Å²) in [4.78, 5) is 25.4. The van der Waals surface area contributed by atoms with Gasteiger partial charge in [0.05, 0.1) is 13.7 Å². The highest BCUT2D eigenvalue weighted by Gasteiger charge is 2.29. The van der Waals surface area contributed by atoms with E-state index in [1.807, 2.05) is 12.1 Å². The van der Waals surface area contributed by atoms with Gasteiger partial charge in [0.2, 0.25) is 5.91 Å². The van der Waals surface area contributed by atoms with Gasteiger partial charge in [-0.15, -0.1) is 0 Å². The number of hydrogen-bond donors (Lipinski definition) is 0. The molecule has 0 unspecified atom stereocenters. The molecule has 0 saturated carbocycles. The van der Waals surface area contributed by atoms with Crippen molar-refractivity contribution in [2.45, 2.75) is 62.9 Å². The van der Waals surface area contributed by atoms with E-state index < -0.39 is 6.09 Å². The number of carbonyl (C=O) groups excluding carboxylic acids is 2. The molecule has 1 heterocycles. The Labute approximate surface area is 166 Å². The molecule has 150 valence electrons. The summed E-state index contributed by atoms with van der Waals surface area (Å²) in [5, 5.41) is 0.217. The topological polar surface area (TPSA) is 55.8 Å². The average Bonchev–Trinajstić information content (AvgIpc) is 3.12. The number of thioether (sulfide) groups is 1. The first-order chi connectivity index (χ1) is 13.1. The quantitative estimate of drug-likeness (QED) is 0.466. The molecule has 2 rings (SSSR count). The molecule has 0 aliphatic carbocycles. The van der Waals surface area contributed by atoms with E-state index in [1.165, 1.54) is 36.1 Å². The number of carbonyl (C=O) groups is 2. The van der Waals surface area contributed by atoms with Crippen LogP contribution in [0.15, 0.2) is 24.3 Å². The molecular formula is C21H31NO4S. The monoisotopic (exact) mass is 393 g/mol. The van der Waals surface area contributed by atoms with Crippen molar-refractivity contribution in [2.75, 3.05) is 20.3 Å². The van der Waals surface area contributed by atoms with Crippen molar-refractivity contribution in [1.29, 1.82) is 0 Å². The van der Waals surface area contributed by atoms with E-state index in [0.29, 0.717) is 19.6 Å². The molecule has 1 aliphatic heterocycles. The van der Waals surface area contributed by atoms with Gasteiger partial charge < -0.3 is 9.47 Å². The van der Waals surface area contributed by atoms with Gasteiger partial charge in [0.25, 0.3) is 0 Å². The maximum atomic E-state index is 12.5. The minimum absolute atomic E-state index is 0.113. The molecule has 5 nitrogen and oxygen atoms in total. The van der Waals surface area contributed by atoms with E-state index in [-0.39, 0.29) is 11.2 Å². The minimum atomic E-state index is -0.498. The SMILES string of the molecule is CCCCCCC[C@H](CC(=O)N1CCOC1=O)SCc1ccc(OC)cc1. The summed E-state index contributed by atoms with van der Waals surface area (Å²) in [6, 6.07) is 8.04. The Kier molecular flexibility index (Phi) is 9.53. The summed E-state index contributed by atoms with van der Waals surface area (Å²) in [7, 11) is 1.66. The third-order valence-corrected chi connectivity index (χ3v) is 6.11. The van der Waals surface area contributed by atoms with Crippen molar-refractivity contribution in [2.24, 2.45) is 0 Å². The Morgan fingerprint density at radius 1 is 1.22 bits per heavy atom. The second kappa shape index (κ2) is 11.9. The minimum Gasteiger partial charge on any atom is -0.497 e.